The number of primary amides is 1. The molecular formula is C21H18FN3O3. The Morgan fingerprint density at radius 2 is 1.82 bits per heavy atom. The van der Waals surface area contributed by atoms with Crippen LogP contribution >= 0.6 is 0 Å². The molecule has 2 N–H and O–H groups in total. The van der Waals surface area contributed by atoms with E-state index in [-0.39, 0.29) is 5.82 Å². The molecule has 0 aliphatic heterocycles. The van der Waals surface area contributed by atoms with E-state index in [4.69, 9.17) is 10.5 Å². The zero-order valence-corrected chi connectivity index (χ0v) is 15.1. The van der Waals surface area contributed by atoms with Gasteiger partial charge in [-0.2, -0.15) is 5.10 Å². The molecule has 0 radical (unpaired) electrons. The summed E-state index contributed by atoms with van der Waals surface area (Å²) in [5.74, 6) is -1.79. The van der Waals surface area contributed by atoms with Crippen LogP contribution in [-0.4, -0.2) is 27.8 Å². The number of benzene rings is 2. The molecular weight excluding hydrogens is 361 g/mol. The summed E-state index contributed by atoms with van der Waals surface area (Å²) in [7, 11) is 0. The maximum absolute atomic E-state index is 13.3. The molecule has 0 aliphatic carbocycles. The zero-order chi connectivity index (χ0) is 20.1. The summed E-state index contributed by atoms with van der Waals surface area (Å²) in [4.78, 5) is 22.9. The lowest BCUT2D eigenvalue weighted by atomic mass is 10.1. The molecule has 0 saturated carbocycles. The molecule has 0 fully saturated rings. The van der Waals surface area contributed by atoms with Crippen LogP contribution in [0.15, 0.2) is 66.9 Å². The van der Waals surface area contributed by atoms with Gasteiger partial charge in [-0.25, -0.2) is 13.9 Å². The molecule has 0 bridgehead atoms. The van der Waals surface area contributed by atoms with Gasteiger partial charge in [0.15, 0.2) is 6.10 Å². The van der Waals surface area contributed by atoms with E-state index < -0.39 is 18.0 Å². The van der Waals surface area contributed by atoms with E-state index in [1.54, 1.807) is 23.0 Å². The van der Waals surface area contributed by atoms with E-state index in [1.807, 2.05) is 30.3 Å². The maximum atomic E-state index is 13.3. The van der Waals surface area contributed by atoms with Crippen LogP contribution in [0.4, 0.5) is 4.39 Å². The summed E-state index contributed by atoms with van der Waals surface area (Å²) in [6.45, 7) is 1.39. The smallest absolute Gasteiger partial charge is 0.331 e. The van der Waals surface area contributed by atoms with E-state index in [9.17, 15) is 14.0 Å². The van der Waals surface area contributed by atoms with Gasteiger partial charge in [0.2, 0.25) is 0 Å². The topological polar surface area (TPSA) is 87.2 Å². The number of nitrogens with two attached hydrogens (primary N) is 1. The molecule has 1 amide bonds. The highest BCUT2D eigenvalue weighted by molar-refractivity contribution is 5.91. The van der Waals surface area contributed by atoms with Crippen LogP contribution in [0.25, 0.3) is 23.0 Å². The van der Waals surface area contributed by atoms with E-state index in [0.29, 0.717) is 16.8 Å². The number of aromatic nitrogens is 2. The number of halogens is 1. The molecule has 3 rings (SSSR count). The highest BCUT2D eigenvalue weighted by atomic mass is 19.1. The molecule has 1 aromatic heterocycles. The second-order valence-electron chi connectivity index (χ2n) is 6.03. The van der Waals surface area contributed by atoms with Gasteiger partial charge in [-0.05, 0) is 49.4 Å². The Morgan fingerprint density at radius 3 is 2.46 bits per heavy atom. The molecule has 3 aromatic rings. The molecule has 7 heteroatoms. The second-order valence-corrected chi connectivity index (χ2v) is 6.03. The molecule has 0 aliphatic rings. The number of rotatable bonds is 6. The molecule has 0 spiro atoms. The van der Waals surface area contributed by atoms with Gasteiger partial charge in [-0.1, -0.05) is 18.2 Å². The predicted octanol–water partition coefficient (Wildman–Crippen LogP) is 3.11. The van der Waals surface area contributed by atoms with Crippen molar-refractivity contribution in [3.05, 3.63) is 78.3 Å². The summed E-state index contributed by atoms with van der Waals surface area (Å²) in [6, 6.07) is 15.3. The van der Waals surface area contributed by atoms with Crippen molar-refractivity contribution in [3.63, 3.8) is 0 Å². The largest absolute Gasteiger partial charge is 0.449 e. The number of ether oxygens (including phenoxy) is 1. The van der Waals surface area contributed by atoms with Crippen molar-refractivity contribution >= 4 is 18.0 Å². The number of hydrogen-bond donors (Lipinski definition) is 1. The second kappa shape index (κ2) is 8.30. The third kappa shape index (κ3) is 4.50. The van der Waals surface area contributed by atoms with Gasteiger partial charge in [0.1, 0.15) is 5.82 Å². The van der Waals surface area contributed by atoms with E-state index in [1.165, 1.54) is 31.2 Å². The van der Waals surface area contributed by atoms with Crippen LogP contribution in [0, 0.1) is 5.82 Å². The van der Waals surface area contributed by atoms with E-state index in [2.05, 4.69) is 5.10 Å². The van der Waals surface area contributed by atoms with Crippen molar-refractivity contribution in [2.24, 2.45) is 5.73 Å². The normalized spacial score (nSPS) is 12.1. The van der Waals surface area contributed by atoms with Crippen molar-refractivity contribution in [2.75, 3.05) is 0 Å². The summed E-state index contributed by atoms with van der Waals surface area (Å²) in [5.41, 5.74) is 7.80. The zero-order valence-electron chi connectivity index (χ0n) is 15.1. The Morgan fingerprint density at radius 1 is 1.14 bits per heavy atom. The fraction of sp³-hybridized carbons (Fsp3) is 0.0952. The first-order valence-electron chi connectivity index (χ1n) is 8.53. The van der Waals surface area contributed by atoms with Gasteiger partial charge < -0.3 is 10.5 Å². The summed E-state index contributed by atoms with van der Waals surface area (Å²) in [5, 5.41) is 4.56. The molecule has 0 saturated heterocycles. The van der Waals surface area contributed by atoms with Gasteiger partial charge >= 0.3 is 5.97 Å². The number of amides is 1. The highest BCUT2D eigenvalue weighted by Gasteiger charge is 2.14. The molecule has 6 nitrogen and oxygen atoms in total. The maximum Gasteiger partial charge on any atom is 0.331 e. The first-order chi connectivity index (χ1) is 13.4. The minimum absolute atomic E-state index is 0.354. The number of esters is 1. The highest BCUT2D eigenvalue weighted by Crippen LogP contribution is 2.25. The Kier molecular flexibility index (Phi) is 5.64. The average molecular weight is 379 g/mol. The number of carbonyl (C=O) groups is 2. The van der Waals surface area contributed by atoms with Crippen molar-refractivity contribution in [2.45, 2.75) is 13.0 Å². The number of hydrogen-bond acceptors (Lipinski definition) is 4. The van der Waals surface area contributed by atoms with Gasteiger partial charge in [0.05, 0.1) is 11.4 Å². The first kappa shape index (κ1) is 19.0. The fourth-order valence-corrected chi connectivity index (χ4v) is 2.48. The lowest BCUT2D eigenvalue weighted by molar-refractivity contribution is -0.148. The van der Waals surface area contributed by atoms with Gasteiger partial charge in [-0.3, -0.25) is 4.79 Å². The SMILES string of the molecule is C[C@H](OC(=O)/C=C/c1cn(-c2ccccc2)nc1-c1ccc(F)cc1)C(N)=O. The first-order valence-corrected chi connectivity index (χ1v) is 8.53. The number of carbonyl (C=O) groups excluding carboxylic acids is 2. The Hall–Kier alpha value is -3.74. The van der Waals surface area contributed by atoms with E-state index in [0.717, 1.165) is 5.69 Å². The Bertz CT molecular complexity index is 1010. The van der Waals surface area contributed by atoms with E-state index >= 15 is 0 Å². The molecule has 2 aromatic carbocycles. The van der Waals surface area contributed by atoms with Crippen molar-refractivity contribution in [3.8, 4) is 16.9 Å². The van der Waals surface area contributed by atoms with Crippen molar-refractivity contribution < 1.29 is 18.7 Å². The molecule has 1 heterocycles. The van der Waals surface area contributed by atoms with Crippen molar-refractivity contribution in [1.82, 2.24) is 9.78 Å². The van der Waals surface area contributed by atoms with Gasteiger partial charge in [0.25, 0.3) is 5.91 Å². The third-order valence-electron chi connectivity index (χ3n) is 3.97. The Balaban J connectivity index is 1.95. The van der Waals surface area contributed by atoms with Crippen LogP contribution in [0.1, 0.15) is 12.5 Å². The molecule has 0 unspecified atom stereocenters. The third-order valence-corrected chi connectivity index (χ3v) is 3.97. The van der Waals surface area contributed by atoms with Gasteiger partial charge in [-0.15, -0.1) is 0 Å². The lowest BCUT2D eigenvalue weighted by Gasteiger charge is -2.06. The lowest BCUT2D eigenvalue weighted by Crippen LogP contribution is -2.29. The van der Waals surface area contributed by atoms with Crippen molar-refractivity contribution in [1.29, 1.82) is 0 Å². The number of para-hydroxylation sites is 1. The average Bonchev–Trinajstić information content (AvgIpc) is 3.12. The summed E-state index contributed by atoms with van der Waals surface area (Å²) in [6.07, 6.45) is 3.44. The van der Waals surface area contributed by atoms with Crippen LogP contribution < -0.4 is 5.73 Å². The number of nitrogens with zero attached hydrogens (tertiary/aromatic N) is 2. The molecule has 142 valence electrons. The van der Waals surface area contributed by atoms with Gasteiger partial charge in [0, 0.05) is 23.4 Å². The Labute approximate surface area is 161 Å². The fourth-order valence-electron chi connectivity index (χ4n) is 2.48. The quantitative estimate of drug-likeness (QED) is 0.527. The summed E-state index contributed by atoms with van der Waals surface area (Å²) >= 11 is 0. The minimum atomic E-state index is -1.03. The predicted molar refractivity (Wildman–Crippen MR) is 103 cm³/mol. The van der Waals surface area contributed by atoms with Crippen LogP contribution in [-0.2, 0) is 14.3 Å². The monoisotopic (exact) mass is 379 g/mol. The van der Waals surface area contributed by atoms with Crippen LogP contribution in [0.3, 0.4) is 0 Å². The standard InChI is InChI=1S/C21H18FN3O3/c1-14(21(23)27)28-19(26)12-9-16-13-25(18-5-3-2-4-6-18)24-20(16)15-7-10-17(22)11-8-15/h2-14H,1H3,(H2,23,27)/b12-9+/t14-/m0/s1. The van der Waals surface area contributed by atoms with Crippen LogP contribution in [0.5, 0.6) is 0 Å². The van der Waals surface area contributed by atoms with Crippen LogP contribution in [0.2, 0.25) is 0 Å². The minimum Gasteiger partial charge on any atom is -0.449 e. The molecule has 1 atom stereocenters. The summed E-state index contributed by atoms with van der Waals surface area (Å²) < 4.78 is 19.8. The molecule has 28 heavy (non-hydrogen) atoms.